The van der Waals surface area contributed by atoms with Gasteiger partial charge in [0, 0.05) is 15.7 Å². The van der Waals surface area contributed by atoms with Crippen molar-refractivity contribution in [2.45, 2.75) is 4.90 Å². The second-order valence-electron chi connectivity index (χ2n) is 4.57. The first-order valence-electron chi connectivity index (χ1n) is 6.43. The molecule has 0 amide bonds. The Morgan fingerprint density at radius 1 is 1.21 bits per heavy atom. The Labute approximate surface area is 156 Å². The van der Waals surface area contributed by atoms with E-state index in [4.69, 9.17) is 11.6 Å². The number of rotatable bonds is 6. The van der Waals surface area contributed by atoms with Gasteiger partial charge in [0.2, 0.25) is 5.24 Å². The van der Waals surface area contributed by atoms with Gasteiger partial charge >= 0.3 is 0 Å². The molecule has 24 heavy (non-hydrogen) atoms. The second-order valence-corrected chi connectivity index (χ2v) is 8.02. The molecule has 7 nitrogen and oxygen atoms in total. The quantitative estimate of drug-likeness (QED) is 0.274. The van der Waals surface area contributed by atoms with Crippen LogP contribution in [0.2, 0.25) is 0 Å². The lowest BCUT2D eigenvalue weighted by Gasteiger charge is -2.23. The predicted octanol–water partition coefficient (Wildman–Crippen LogP) is 3.16. The van der Waals surface area contributed by atoms with E-state index in [1.165, 1.54) is 24.3 Å². The van der Waals surface area contributed by atoms with E-state index in [-0.39, 0.29) is 16.3 Å². The van der Waals surface area contributed by atoms with Crippen LogP contribution in [0.1, 0.15) is 0 Å². The summed E-state index contributed by atoms with van der Waals surface area (Å²) in [5.41, 5.74) is -0.102. The molecule has 0 aromatic heterocycles. The first-order valence-corrected chi connectivity index (χ1v) is 9.33. The van der Waals surface area contributed by atoms with Gasteiger partial charge in [-0.2, -0.15) is 0 Å². The van der Waals surface area contributed by atoms with Crippen molar-refractivity contribution in [3.8, 4) is 0 Å². The molecule has 0 unspecified atom stereocenters. The van der Waals surface area contributed by atoms with E-state index in [2.05, 4.69) is 0 Å². The maximum atomic E-state index is 12.9. The molecule has 10 heteroatoms. The molecule has 2 aromatic carbocycles. The van der Waals surface area contributed by atoms with Gasteiger partial charge in [0.15, 0.2) is 0 Å². The van der Waals surface area contributed by atoms with Gasteiger partial charge in [0.05, 0.1) is 15.5 Å². The smallest absolute Gasteiger partial charge is 0.270 e. The SMILES string of the molecule is O=C(Cl)CN(c1ccccc1I)S(=O)(=O)c1cccc([N+](=O)[O-])c1. The Bertz CT molecular complexity index is 904. The fourth-order valence-corrected chi connectivity index (χ4v) is 4.46. The molecule has 0 heterocycles. The number of carbonyl (C=O) groups excluding carboxylic acids is 1. The van der Waals surface area contributed by atoms with Crippen LogP contribution in [0.5, 0.6) is 0 Å². The maximum Gasteiger partial charge on any atom is 0.270 e. The zero-order valence-electron chi connectivity index (χ0n) is 11.9. The van der Waals surface area contributed by atoms with Gasteiger partial charge in [-0.3, -0.25) is 19.2 Å². The Hall–Kier alpha value is -1.72. The van der Waals surface area contributed by atoms with Crippen LogP contribution < -0.4 is 4.31 Å². The molecule has 0 spiro atoms. The molecular weight excluding hydrogens is 471 g/mol. The summed E-state index contributed by atoms with van der Waals surface area (Å²) in [7, 11) is -4.21. The van der Waals surface area contributed by atoms with Gasteiger partial charge in [-0.1, -0.05) is 18.2 Å². The Morgan fingerprint density at radius 2 is 1.88 bits per heavy atom. The zero-order valence-corrected chi connectivity index (χ0v) is 15.7. The van der Waals surface area contributed by atoms with Crippen LogP contribution in [0.4, 0.5) is 11.4 Å². The molecule has 0 N–H and O–H groups in total. The minimum Gasteiger partial charge on any atom is -0.279 e. The number of nitro benzene ring substituents is 1. The number of hydrogen-bond donors (Lipinski definition) is 0. The molecule has 126 valence electrons. The van der Waals surface area contributed by atoms with Crippen molar-refractivity contribution >= 4 is 60.8 Å². The van der Waals surface area contributed by atoms with E-state index in [0.717, 1.165) is 10.4 Å². The highest BCUT2D eigenvalue weighted by Gasteiger charge is 2.29. The topological polar surface area (TPSA) is 97.6 Å². The van der Waals surface area contributed by atoms with E-state index < -0.39 is 26.7 Å². The number of benzene rings is 2. The van der Waals surface area contributed by atoms with Crippen molar-refractivity contribution < 1.29 is 18.1 Å². The van der Waals surface area contributed by atoms with Crippen LogP contribution in [0.3, 0.4) is 0 Å². The van der Waals surface area contributed by atoms with Crippen molar-refractivity contribution in [1.29, 1.82) is 0 Å². The Kier molecular flexibility index (Phi) is 5.78. The predicted molar refractivity (Wildman–Crippen MR) is 97.6 cm³/mol. The third kappa shape index (κ3) is 4.02. The highest BCUT2D eigenvalue weighted by atomic mass is 127. The Balaban J connectivity index is 2.60. The van der Waals surface area contributed by atoms with Gasteiger partial charge < -0.3 is 0 Å². The lowest BCUT2D eigenvalue weighted by atomic mass is 10.3. The minimum atomic E-state index is -4.21. The summed E-state index contributed by atoms with van der Waals surface area (Å²) < 4.78 is 27.2. The summed E-state index contributed by atoms with van der Waals surface area (Å²) in [6, 6.07) is 11.1. The fraction of sp³-hybridized carbons (Fsp3) is 0.0714. The van der Waals surface area contributed by atoms with Crippen LogP contribution >= 0.6 is 34.2 Å². The number of carbonyl (C=O) groups is 1. The van der Waals surface area contributed by atoms with E-state index in [1.807, 2.05) is 22.6 Å². The number of nitro groups is 1. The molecule has 2 aromatic rings. The molecule has 0 atom stereocenters. The summed E-state index contributed by atoms with van der Waals surface area (Å²) >= 11 is 7.32. The van der Waals surface area contributed by atoms with Gasteiger partial charge in [0.25, 0.3) is 15.7 Å². The second kappa shape index (κ2) is 7.45. The van der Waals surface area contributed by atoms with E-state index in [0.29, 0.717) is 3.57 Å². The number of sulfonamides is 1. The van der Waals surface area contributed by atoms with Crippen LogP contribution in [0.15, 0.2) is 53.4 Å². The van der Waals surface area contributed by atoms with Gasteiger partial charge in [0.1, 0.15) is 6.54 Å². The third-order valence-corrected chi connectivity index (χ3v) is 5.79. The summed E-state index contributed by atoms with van der Waals surface area (Å²) in [4.78, 5) is 21.2. The number of nitrogens with zero attached hydrogens (tertiary/aromatic N) is 2. The van der Waals surface area contributed by atoms with Crippen molar-refractivity contribution in [3.05, 3.63) is 62.2 Å². The van der Waals surface area contributed by atoms with Crippen LogP contribution in [-0.2, 0) is 14.8 Å². The van der Waals surface area contributed by atoms with E-state index >= 15 is 0 Å². The van der Waals surface area contributed by atoms with Crippen molar-refractivity contribution in [3.63, 3.8) is 0 Å². The lowest BCUT2D eigenvalue weighted by molar-refractivity contribution is -0.385. The van der Waals surface area contributed by atoms with Crippen molar-refractivity contribution in [2.75, 3.05) is 10.8 Å². The van der Waals surface area contributed by atoms with E-state index in [9.17, 15) is 23.3 Å². The molecule has 0 aliphatic carbocycles. The van der Waals surface area contributed by atoms with Gasteiger partial charge in [-0.25, -0.2) is 8.42 Å². The molecule has 0 aliphatic heterocycles. The molecule has 0 aliphatic rings. The number of hydrogen-bond acceptors (Lipinski definition) is 5. The summed E-state index contributed by atoms with van der Waals surface area (Å²) in [6.07, 6.45) is 0. The first-order chi connectivity index (χ1) is 11.2. The number of halogens is 2. The molecular formula is C14H10ClIN2O5S. The number of anilines is 1. The van der Waals surface area contributed by atoms with Gasteiger partial charge in [-0.05, 0) is 52.4 Å². The van der Waals surface area contributed by atoms with Crippen molar-refractivity contribution in [2.24, 2.45) is 0 Å². The zero-order chi connectivity index (χ0) is 17.9. The Morgan fingerprint density at radius 3 is 2.46 bits per heavy atom. The molecule has 0 bridgehead atoms. The number of non-ortho nitro benzene ring substituents is 1. The third-order valence-electron chi connectivity index (χ3n) is 3.01. The molecule has 0 saturated carbocycles. The molecule has 0 radical (unpaired) electrons. The van der Waals surface area contributed by atoms with Crippen LogP contribution in [0, 0.1) is 13.7 Å². The fourth-order valence-electron chi connectivity index (χ4n) is 1.95. The van der Waals surface area contributed by atoms with Crippen molar-refractivity contribution in [1.82, 2.24) is 0 Å². The highest BCUT2D eigenvalue weighted by molar-refractivity contribution is 14.1. The summed E-state index contributed by atoms with van der Waals surface area (Å²) in [5.74, 6) is 0. The van der Waals surface area contributed by atoms with Crippen LogP contribution in [0.25, 0.3) is 0 Å². The number of para-hydroxylation sites is 1. The largest absolute Gasteiger partial charge is 0.279 e. The normalized spacial score (nSPS) is 11.1. The standard InChI is InChI=1S/C14H10ClIN2O5S/c15-14(19)9-17(13-7-2-1-6-12(13)16)24(22,23)11-5-3-4-10(8-11)18(20)21/h1-8H,9H2. The monoisotopic (exact) mass is 480 g/mol. The summed E-state index contributed by atoms with van der Waals surface area (Å²) in [5, 5.41) is 10.0. The van der Waals surface area contributed by atoms with E-state index in [1.54, 1.807) is 18.2 Å². The highest BCUT2D eigenvalue weighted by Crippen LogP contribution is 2.29. The average Bonchev–Trinajstić information content (AvgIpc) is 2.53. The molecule has 2 rings (SSSR count). The lowest BCUT2D eigenvalue weighted by Crippen LogP contribution is -2.35. The average molecular weight is 481 g/mol. The summed E-state index contributed by atoms with van der Waals surface area (Å²) in [6.45, 7) is -0.591. The maximum absolute atomic E-state index is 12.9. The molecule has 0 fully saturated rings. The van der Waals surface area contributed by atoms with Gasteiger partial charge in [-0.15, -0.1) is 0 Å². The minimum absolute atomic E-state index is 0.263. The molecule has 0 saturated heterocycles. The van der Waals surface area contributed by atoms with Crippen LogP contribution in [-0.4, -0.2) is 25.1 Å². The first kappa shape index (κ1) is 18.6.